The monoisotopic (exact) mass is 329 g/mol. The Hall–Kier alpha value is -1.79. The van der Waals surface area contributed by atoms with Crippen molar-refractivity contribution in [2.45, 2.75) is 4.90 Å². The zero-order valence-corrected chi connectivity index (χ0v) is 12.4. The van der Waals surface area contributed by atoms with Gasteiger partial charge in [-0.25, -0.2) is 13.6 Å². The highest BCUT2D eigenvalue weighted by molar-refractivity contribution is 8.00. The van der Waals surface area contributed by atoms with Gasteiger partial charge in [0.2, 0.25) is 0 Å². The van der Waals surface area contributed by atoms with Gasteiger partial charge >= 0.3 is 5.97 Å². The molecule has 0 amide bonds. The van der Waals surface area contributed by atoms with Crippen molar-refractivity contribution < 1.29 is 18.3 Å². The summed E-state index contributed by atoms with van der Waals surface area (Å²) < 4.78 is 34.3. The van der Waals surface area contributed by atoms with Gasteiger partial charge in [-0.2, -0.15) is 0 Å². The van der Waals surface area contributed by atoms with Crippen LogP contribution in [0, 0.1) is 11.6 Å². The number of halogens is 3. The number of anilines is 1. The summed E-state index contributed by atoms with van der Waals surface area (Å²) >= 11 is 6.80. The molecule has 0 unspecified atom stereocenters. The molecule has 7 heteroatoms. The van der Waals surface area contributed by atoms with E-state index in [1.54, 1.807) is 12.1 Å². The van der Waals surface area contributed by atoms with Crippen molar-refractivity contribution in [3.63, 3.8) is 0 Å². The van der Waals surface area contributed by atoms with Gasteiger partial charge in [-0.3, -0.25) is 0 Å². The molecule has 0 spiro atoms. The molecule has 0 aliphatic carbocycles. The van der Waals surface area contributed by atoms with E-state index in [4.69, 9.17) is 11.6 Å². The molecule has 0 atom stereocenters. The average molecular weight is 330 g/mol. The van der Waals surface area contributed by atoms with Gasteiger partial charge in [0.15, 0.2) is 0 Å². The number of carbonyl (C=O) groups is 1. The molecule has 0 saturated heterocycles. The highest BCUT2D eigenvalue weighted by Crippen LogP contribution is 2.32. The summed E-state index contributed by atoms with van der Waals surface area (Å²) in [6.45, 7) is 0. The number of methoxy groups -OCH3 is 1. The van der Waals surface area contributed by atoms with Crippen molar-refractivity contribution in [2.75, 3.05) is 11.8 Å². The van der Waals surface area contributed by atoms with Crippen molar-refractivity contribution in [2.24, 2.45) is 0 Å². The van der Waals surface area contributed by atoms with Crippen LogP contribution in [0.3, 0.4) is 0 Å². The molecule has 1 N–H and O–H groups in total. The van der Waals surface area contributed by atoms with Crippen molar-refractivity contribution in [3.05, 3.63) is 58.6 Å². The van der Waals surface area contributed by atoms with Crippen molar-refractivity contribution in [1.82, 2.24) is 0 Å². The highest BCUT2D eigenvalue weighted by atomic mass is 35.5. The Morgan fingerprint density at radius 3 is 2.43 bits per heavy atom. The zero-order chi connectivity index (χ0) is 15.4. The van der Waals surface area contributed by atoms with Gasteiger partial charge in [-0.1, -0.05) is 23.7 Å². The van der Waals surface area contributed by atoms with E-state index in [0.29, 0.717) is 5.69 Å². The van der Waals surface area contributed by atoms with Crippen LogP contribution < -0.4 is 4.72 Å². The normalized spacial score (nSPS) is 10.3. The maximum Gasteiger partial charge on any atom is 0.339 e. The molecule has 2 aromatic rings. The van der Waals surface area contributed by atoms with Gasteiger partial charge < -0.3 is 9.46 Å². The molecule has 0 fully saturated rings. The van der Waals surface area contributed by atoms with Crippen molar-refractivity contribution in [3.8, 4) is 0 Å². The Labute approximate surface area is 129 Å². The highest BCUT2D eigenvalue weighted by Gasteiger charge is 2.15. The van der Waals surface area contributed by atoms with Crippen LogP contribution in [0.2, 0.25) is 5.02 Å². The SMILES string of the molecule is COC(=O)c1cccc(NSc2c(F)cccc2F)c1Cl. The summed E-state index contributed by atoms with van der Waals surface area (Å²) in [7, 11) is 1.24. The average Bonchev–Trinajstić information content (AvgIpc) is 2.47. The Morgan fingerprint density at radius 2 is 1.81 bits per heavy atom. The summed E-state index contributed by atoms with van der Waals surface area (Å²) in [6.07, 6.45) is 0. The van der Waals surface area contributed by atoms with Crippen LogP contribution >= 0.6 is 23.5 Å². The smallest absolute Gasteiger partial charge is 0.339 e. The lowest BCUT2D eigenvalue weighted by molar-refractivity contribution is 0.0601. The largest absolute Gasteiger partial charge is 0.465 e. The standard InChI is InChI=1S/C14H10ClF2NO2S/c1-20-14(19)8-4-2-7-11(12(8)15)18-21-13-9(16)5-3-6-10(13)17/h2-7,18H,1H3. The maximum atomic E-state index is 13.5. The number of nitrogens with one attached hydrogen (secondary N) is 1. The summed E-state index contributed by atoms with van der Waals surface area (Å²) in [6, 6.07) is 8.24. The number of ether oxygens (including phenoxy) is 1. The molecule has 2 aromatic carbocycles. The number of hydrogen-bond acceptors (Lipinski definition) is 4. The topological polar surface area (TPSA) is 38.3 Å². The number of hydrogen-bond donors (Lipinski definition) is 1. The third kappa shape index (κ3) is 3.46. The van der Waals surface area contributed by atoms with E-state index in [1.165, 1.54) is 19.2 Å². The quantitative estimate of drug-likeness (QED) is 0.661. The first-order chi connectivity index (χ1) is 10.0. The zero-order valence-electron chi connectivity index (χ0n) is 10.8. The molecule has 2 rings (SSSR count). The van der Waals surface area contributed by atoms with Crippen molar-refractivity contribution in [1.29, 1.82) is 0 Å². The second kappa shape index (κ2) is 6.78. The third-order valence-electron chi connectivity index (χ3n) is 2.59. The Bertz CT molecular complexity index is 662. The lowest BCUT2D eigenvalue weighted by Crippen LogP contribution is -2.03. The molecular formula is C14H10ClF2NO2S. The van der Waals surface area contributed by atoms with Gasteiger partial charge in [0.1, 0.15) is 11.6 Å². The van der Waals surface area contributed by atoms with Crippen LogP contribution in [-0.2, 0) is 4.74 Å². The molecule has 0 aromatic heterocycles. The fraction of sp³-hybridized carbons (Fsp3) is 0.0714. The van der Waals surface area contributed by atoms with E-state index in [0.717, 1.165) is 24.1 Å². The number of carbonyl (C=O) groups excluding carboxylic acids is 1. The first-order valence-electron chi connectivity index (χ1n) is 5.78. The van der Waals surface area contributed by atoms with Gasteiger partial charge in [0, 0.05) is 0 Å². The lowest BCUT2D eigenvalue weighted by atomic mass is 10.2. The van der Waals surface area contributed by atoms with Crippen LogP contribution in [0.5, 0.6) is 0 Å². The van der Waals surface area contributed by atoms with Crippen LogP contribution in [0.1, 0.15) is 10.4 Å². The molecule has 0 saturated carbocycles. The second-order valence-electron chi connectivity index (χ2n) is 3.91. The fourth-order valence-corrected chi connectivity index (χ4v) is 2.58. The van der Waals surface area contributed by atoms with Crippen LogP contribution in [-0.4, -0.2) is 13.1 Å². The second-order valence-corrected chi connectivity index (χ2v) is 5.11. The van der Waals surface area contributed by atoms with E-state index in [1.807, 2.05) is 0 Å². The van der Waals surface area contributed by atoms with Gasteiger partial charge in [0.25, 0.3) is 0 Å². The van der Waals surface area contributed by atoms with Gasteiger partial charge in [0.05, 0.1) is 28.3 Å². The van der Waals surface area contributed by atoms with Gasteiger partial charge in [-0.05, 0) is 36.2 Å². The summed E-state index contributed by atoms with van der Waals surface area (Å²) in [4.78, 5) is 11.3. The molecule has 110 valence electrons. The molecule has 3 nitrogen and oxygen atoms in total. The molecule has 0 heterocycles. The fourth-order valence-electron chi connectivity index (χ4n) is 1.56. The van der Waals surface area contributed by atoms with E-state index in [9.17, 15) is 13.6 Å². The molecule has 21 heavy (non-hydrogen) atoms. The Balaban J connectivity index is 2.23. The Kier molecular flexibility index (Phi) is 5.03. The molecule has 0 bridgehead atoms. The van der Waals surface area contributed by atoms with E-state index in [2.05, 4.69) is 9.46 Å². The molecular weight excluding hydrogens is 320 g/mol. The van der Waals surface area contributed by atoms with E-state index in [-0.39, 0.29) is 15.5 Å². The first kappa shape index (κ1) is 15.6. The number of esters is 1. The van der Waals surface area contributed by atoms with Crippen LogP contribution in [0.25, 0.3) is 0 Å². The van der Waals surface area contributed by atoms with Crippen molar-refractivity contribution >= 4 is 35.2 Å². The minimum Gasteiger partial charge on any atom is -0.465 e. The summed E-state index contributed by atoms with van der Waals surface area (Å²) in [5.74, 6) is -1.97. The minimum absolute atomic E-state index is 0.119. The molecule has 0 aliphatic rings. The Morgan fingerprint density at radius 1 is 1.19 bits per heavy atom. The predicted octanol–water partition coefficient (Wildman–Crippen LogP) is 4.52. The van der Waals surface area contributed by atoms with Crippen LogP contribution in [0.15, 0.2) is 41.3 Å². The summed E-state index contributed by atoms with van der Waals surface area (Å²) in [5.41, 5.74) is 0.519. The van der Waals surface area contributed by atoms with Gasteiger partial charge in [-0.15, -0.1) is 0 Å². The van der Waals surface area contributed by atoms with E-state index < -0.39 is 17.6 Å². The number of benzene rings is 2. The summed E-state index contributed by atoms with van der Waals surface area (Å²) in [5, 5.41) is 0.119. The molecule has 0 radical (unpaired) electrons. The maximum absolute atomic E-state index is 13.5. The third-order valence-corrected chi connectivity index (χ3v) is 3.91. The van der Waals surface area contributed by atoms with E-state index >= 15 is 0 Å². The molecule has 0 aliphatic heterocycles. The first-order valence-corrected chi connectivity index (χ1v) is 6.97. The minimum atomic E-state index is -0.687. The number of rotatable bonds is 4. The van der Waals surface area contributed by atoms with Crippen LogP contribution in [0.4, 0.5) is 14.5 Å². The lowest BCUT2D eigenvalue weighted by Gasteiger charge is -2.10. The predicted molar refractivity (Wildman–Crippen MR) is 78.6 cm³/mol.